The highest BCUT2D eigenvalue weighted by Gasteiger charge is 2.24. The molecule has 5 nitrogen and oxygen atoms in total. The first-order valence-electron chi connectivity index (χ1n) is 6.47. The minimum Gasteiger partial charge on any atom is -0.393 e. The van der Waals surface area contributed by atoms with Crippen LogP contribution < -0.4 is 10.6 Å². The Labute approximate surface area is 104 Å². The molecule has 1 aliphatic rings. The van der Waals surface area contributed by atoms with Crippen molar-refractivity contribution in [1.82, 2.24) is 10.6 Å². The van der Waals surface area contributed by atoms with E-state index in [1.165, 1.54) is 0 Å². The van der Waals surface area contributed by atoms with Crippen molar-refractivity contribution >= 4 is 5.96 Å². The Kier molecular flexibility index (Phi) is 6.96. The van der Waals surface area contributed by atoms with Gasteiger partial charge in [-0.3, -0.25) is 4.99 Å². The van der Waals surface area contributed by atoms with Gasteiger partial charge in [0.05, 0.1) is 12.7 Å². The summed E-state index contributed by atoms with van der Waals surface area (Å²) < 4.78 is 4.98. The van der Waals surface area contributed by atoms with Crippen LogP contribution in [0.3, 0.4) is 0 Å². The number of aliphatic imine (C=N–C) groups is 1. The van der Waals surface area contributed by atoms with E-state index in [2.05, 4.69) is 15.6 Å². The van der Waals surface area contributed by atoms with Crippen molar-refractivity contribution in [1.29, 1.82) is 0 Å². The van der Waals surface area contributed by atoms with Crippen LogP contribution in [0.4, 0.5) is 0 Å². The van der Waals surface area contributed by atoms with Gasteiger partial charge in [-0.25, -0.2) is 0 Å². The molecule has 0 spiro atoms. The zero-order valence-corrected chi connectivity index (χ0v) is 10.9. The number of nitrogens with one attached hydrogen (secondary N) is 2. The second kappa shape index (κ2) is 8.31. The average molecular weight is 243 g/mol. The van der Waals surface area contributed by atoms with Crippen molar-refractivity contribution < 1.29 is 9.84 Å². The number of aliphatic hydroxyl groups is 1. The third-order valence-corrected chi connectivity index (χ3v) is 3.05. The van der Waals surface area contributed by atoms with Gasteiger partial charge in [0.15, 0.2) is 5.96 Å². The summed E-state index contributed by atoms with van der Waals surface area (Å²) in [6.07, 6.45) is 2.96. The highest BCUT2D eigenvalue weighted by atomic mass is 16.5. The first kappa shape index (κ1) is 14.3. The van der Waals surface area contributed by atoms with Crippen LogP contribution in [0.25, 0.3) is 0 Å². The summed E-state index contributed by atoms with van der Waals surface area (Å²) in [6, 6.07) is 0. The summed E-state index contributed by atoms with van der Waals surface area (Å²) in [5.41, 5.74) is 0. The van der Waals surface area contributed by atoms with Crippen molar-refractivity contribution in [3.05, 3.63) is 0 Å². The van der Waals surface area contributed by atoms with Crippen molar-refractivity contribution in [2.45, 2.75) is 32.3 Å². The average Bonchev–Trinajstić information content (AvgIpc) is 2.72. The molecule has 0 aromatic rings. The second-order valence-corrected chi connectivity index (χ2v) is 4.40. The molecule has 1 saturated carbocycles. The maximum Gasteiger partial charge on any atom is 0.191 e. The Morgan fingerprint density at radius 1 is 1.41 bits per heavy atom. The monoisotopic (exact) mass is 243 g/mol. The molecule has 0 heterocycles. The number of rotatable bonds is 6. The predicted molar refractivity (Wildman–Crippen MR) is 69.2 cm³/mol. The highest BCUT2D eigenvalue weighted by molar-refractivity contribution is 5.79. The molecule has 17 heavy (non-hydrogen) atoms. The lowest BCUT2D eigenvalue weighted by Gasteiger charge is -2.14. The fraction of sp³-hybridized carbons (Fsp3) is 0.917. The minimum absolute atomic E-state index is 0.166. The molecule has 0 aromatic heterocycles. The number of guanidine groups is 1. The number of ether oxygens (including phenoxy) is 1. The SMILES string of the molecule is CCNC(=NCC1CCCC1O)NCCOC. The molecule has 0 saturated heterocycles. The highest BCUT2D eigenvalue weighted by Crippen LogP contribution is 2.25. The summed E-state index contributed by atoms with van der Waals surface area (Å²) >= 11 is 0. The number of aliphatic hydroxyl groups excluding tert-OH is 1. The summed E-state index contributed by atoms with van der Waals surface area (Å²) in [5, 5.41) is 16.1. The lowest BCUT2D eigenvalue weighted by atomic mass is 10.1. The van der Waals surface area contributed by atoms with Crippen molar-refractivity contribution in [2.24, 2.45) is 10.9 Å². The molecule has 0 bridgehead atoms. The van der Waals surface area contributed by atoms with E-state index < -0.39 is 0 Å². The van der Waals surface area contributed by atoms with E-state index in [-0.39, 0.29) is 6.10 Å². The molecule has 0 aromatic carbocycles. The van der Waals surface area contributed by atoms with Crippen LogP contribution in [0.5, 0.6) is 0 Å². The Morgan fingerprint density at radius 3 is 2.82 bits per heavy atom. The van der Waals surface area contributed by atoms with E-state index in [0.29, 0.717) is 19.1 Å². The minimum atomic E-state index is -0.166. The normalized spacial score (nSPS) is 25.0. The molecule has 3 N–H and O–H groups in total. The largest absolute Gasteiger partial charge is 0.393 e. The zero-order valence-electron chi connectivity index (χ0n) is 10.9. The number of methoxy groups -OCH3 is 1. The molecular formula is C12H25N3O2. The number of hydrogen-bond acceptors (Lipinski definition) is 3. The van der Waals surface area contributed by atoms with Crippen molar-refractivity contribution in [2.75, 3.05) is 33.4 Å². The first-order valence-corrected chi connectivity index (χ1v) is 6.47. The Balaban J connectivity index is 2.33. The van der Waals surface area contributed by atoms with Crippen LogP contribution in [-0.4, -0.2) is 50.5 Å². The van der Waals surface area contributed by atoms with E-state index in [1.807, 2.05) is 6.92 Å². The molecule has 1 aliphatic carbocycles. The zero-order chi connectivity index (χ0) is 12.5. The van der Waals surface area contributed by atoms with Gasteiger partial charge >= 0.3 is 0 Å². The second-order valence-electron chi connectivity index (χ2n) is 4.40. The van der Waals surface area contributed by atoms with Crippen LogP contribution in [0, 0.1) is 5.92 Å². The van der Waals surface area contributed by atoms with Gasteiger partial charge in [-0.15, -0.1) is 0 Å². The van der Waals surface area contributed by atoms with Gasteiger partial charge in [0.25, 0.3) is 0 Å². The molecular weight excluding hydrogens is 218 g/mol. The molecule has 1 fully saturated rings. The molecule has 0 amide bonds. The molecule has 100 valence electrons. The van der Waals surface area contributed by atoms with Crippen molar-refractivity contribution in [3.8, 4) is 0 Å². The van der Waals surface area contributed by atoms with Gasteiger partial charge in [0.1, 0.15) is 0 Å². The van der Waals surface area contributed by atoms with Crippen LogP contribution in [0.1, 0.15) is 26.2 Å². The lowest BCUT2D eigenvalue weighted by Crippen LogP contribution is -2.39. The summed E-state index contributed by atoms with van der Waals surface area (Å²) in [5.74, 6) is 1.14. The van der Waals surface area contributed by atoms with Gasteiger partial charge < -0.3 is 20.5 Å². The first-order chi connectivity index (χ1) is 8.27. The number of hydrogen-bond donors (Lipinski definition) is 3. The summed E-state index contributed by atoms with van der Waals surface area (Å²) in [7, 11) is 1.68. The van der Waals surface area contributed by atoms with E-state index in [4.69, 9.17) is 4.74 Å². The van der Waals surface area contributed by atoms with E-state index in [1.54, 1.807) is 7.11 Å². The Morgan fingerprint density at radius 2 is 2.24 bits per heavy atom. The number of nitrogens with zero attached hydrogens (tertiary/aromatic N) is 1. The third-order valence-electron chi connectivity index (χ3n) is 3.05. The topological polar surface area (TPSA) is 65.9 Å². The molecule has 2 unspecified atom stereocenters. The smallest absolute Gasteiger partial charge is 0.191 e. The van der Waals surface area contributed by atoms with Gasteiger partial charge in [-0.05, 0) is 19.8 Å². The van der Waals surface area contributed by atoms with Crippen molar-refractivity contribution in [3.63, 3.8) is 0 Å². The Bertz CT molecular complexity index is 234. The van der Waals surface area contributed by atoms with Crippen LogP contribution >= 0.6 is 0 Å². The van der Waals surface area contributed by atoms with E-state index in [9.17, 15) is 5.11 Å². The molecule has 0 aliphatic heterocycles. The fourth-order valence-electron chi connectivity index (χ4n) is 2.05. The maximum absolute atomic E-state index is 9.72. The molecule has 0 radical (unpaired) electrons. The van der Waals surface area contributed by atoms with E-state index in [0.717, 1.165) is 38.3 Å². The van der Waals surface area contributed by atoms with Gasteiger partial charge in [-0.2, -0.15) is 0 Å². The quantitative estimate of drug-likeness (QED) is 0.358. The maximum atomic E-state index is 9.72. The molecule has 1 rings (SSSR count). The molecule has 5 heteroatoms. The molecule has 2 atom stereocenters. The lowest BCUT2D eigenvalue weighted by molar-refractivity contribution is 0.136. The van der Waals surface area contributed by atoms with Gasteiger partial charge in [-0.1, -0.05) is 6.42 Å². The summed E-state index contributed by atoms with van der Waals surface area (Å²) in [4.78, 5) is 4.50. The fourth-order valence-corrected chi connectivity index (χ4v) is 2.05. The van der Waals surface area contributed by atoms with Gasteiger partial charge in [0.2, 0.25) is 0 Å². The van der Waals surface area contributed by atoms with Crippen LogP contribution in [-0.2, 0) is 4.74 Å². The Hall–Kier alpha value is -0.810. The van der Waals surface area contributed by atoms with E-state index >= 15 is 0 Å². The van der Waals surface area contributed by atoms with Crippen LogP contribution in [0.2, 0.25) is 0 Å². The van der Waals surface area contributed by atoms with Gasteiger partial charge in [0, 0.05) is 32.7 Å². The predicted octanol–water partition coefficient (Wildman–Crippen LogP) is 0.349. The standard InChI is InChI=1S/C12H25N3O2/c1-3-13-12(14-7-8-17-2)15-9-10-5-4-6-11(10)16/h10-11,16H,3-9H2,1-2H3,(H2,13,14,15). The third kappa shape index (κ3) is 5.37. The summed E-state index contributed by atoms with van der Waals surface area (Å²) in [6.45, 7) is 4.99. The van der Waals surface area contributed by atoms with Crippen LogP contribution in [0.15, 0.2) is 4.99 Å².